The Bertz CT molecular complexity index is 459. The average Bonchev–Trinajstić information content (AvgIpc) is 2.82. The molecule has 2 aromatic heterocycles. The minimum Gasteiger partial charge on any atom is -0.327 e. The lowest BCUT2D eigenvalue weighted by Gasteiger charge is -2.18. The van der Waals surface area contributed by atoms with E-state index in [-0.39, 0.29) is 0 Å². The largest absolute Gasteiger partial charge is 0.327 e. The number of fused-ring (bicyclic) bond motifs is 1. The van der Waals surface area contributed by atoms with Gasteiger partial charge in [0.15, 0.2) is 0 Å². The number of rotatable bonds is 1. The van der Waals surface area contributed by atoms with Crippen molar-refractivity contribution in [2.45, 2.75) is 25.3 Å². The van der Waals surface area contributed by atoms with Crippen molar-refractivity contribution in [3.8, 4) is 10.4 Å². The van der Waals surface area contributed by atoms with E-state index in [0.717, 1.165) is 19.3 Å². The molecule has 2 aromatic rings. The molecule has 0 saturated carbocycles. The van der Waals surface area contributed by atoms with Gasteiger partial charge in [0.05, 0.1) is 10.4 Å². The van der Waals surface area contributed by atoms with Gasteiger partial charge in [-0.3, -0.25) is 4.98 Å². The van der Waals surface area contributed by atoms with Crippen molar-refractivity contribution in [2.75, 3.05) is 0 Å². The lowest BCUT2D eigenvalue weighted by atomic mass is 9.92. The Morgan fingerprint density at radius 1 is 1.40 bits per heavy atom. The number of thiophene rings is 1. The maximum absolute atomic E-state index is 5.97. The third kappa shape index (κ3) is 1.62. The van der Waals surface area contributed by atoms with E-state index in [1.54, 1.807) is 11.3 Å². The van der Waals surface area contributed by atoms with Crippen LogP contribution in [-0.2, 0) is 12.8 Å². The quantitative estimate of drug-likeness (QED) is 0.827. The van der Waals surface area contributed by atoms with Crippen molar-refractivity contribution in [2.24, 2.45) is 5.73 Å². The lowest BCUT2D eigenvalue weighted by Crippen LogP contribution is -2.26. The molecule has 2 heterocycles. The highest BCUT2D eigenvalue weighted by Crippen LogP contribution is 2.37. The molecule has 1 aliphatic carbocycles. The summed E-state index contributed by atoms with van der Waals surface area (Å²) in [6, 6.07) is 0.366. The summed E-state index contributed by atoms with van der Waals surface area (Å²) in [6.07, 6.45) is 5.27. The van der Waals surface area contributed by atoms with Gasteiger partial charge in [-0.25, -0.2) is 0 Å². The van der Waals surface area contributed by atoms with Crippen LogP contribution in [0.3, 0.4) is 0 Å². The Morgan fingerprint density at radius 3 is 3.13 bits per heavy atom. The smallest absolute Gasteiger partial charge is 0.0797 e. The molecule has 3 rings (SSSR count). The Kier molecular flexibility index (Phi) is 2.35. The first-order chi connectivity index (χ1) is 7.34. The van der Waals surface area contributed by atoms with Gasteiger partial charge in [0.1, 0.15) is 0 Å². The van der Waals surface area contributed by atoms with E-state index in [2.05, 4.69) is 10.4 Å². The van der Waals surface area contributed by atoms with Crippen molar-refractivity contribution in [3.05, 3.63) is 27.5 Å². The van der Waals surface area contributed by atoms with Gasteiger partial charge in [-0.1, -0.05) is 0 Å². The van der Waals surface area contributed by atoms with Crippen LogP contribution in [0.2, 0.25) is 0 Å². The predicted molar refractivity (Wildman–Crippen MR) is 65.4 cm³/mol. The molecular weight excluding hydrogens is 224 g/mol. The van der Waals surface area contributed by atoms with Crippen molar-refractivity contribution >= 4 is 22.7 Å². The van der Waals surface area contributed by atoms with E-state index in [1.165, 1.54) is 20.9 Å². The number of hydrogen-bond donors (Lipinski definition) is 1. The van der Waals surface area contributed by atoms with Crippen molar-refractivity contribution in [1.82, 2.24) is 4.98 Å². The lowest BCUT2D eigenvalue weighted by molar-refractivity contribution is 0.585. The highest BCUT2D eigenvalue weighted by atomic mass is 32.1. The Balaban J connectivity index is 2.05. The zero-order valence-corrected chi connectivity index (χ0v) is 9.90. The summed E-state index contributed by atoms with van der Waals surface area (Å²) < 4.78 is 0. The maximum atomic E-state index is 5.97. The molecule has 0 saturated heterocycles. The van der Waals surface area contributed by atoms with Crippen molar-refractivity contribution in [3.63, 3.8) is 0 Å². The molecule has 15 heavy (non-hydrogen) atoms. The van der Waals surface area contributed by atoms with Gasteiger partial charge in [0.25, 0.3) is 0 Å². The van der Waals surface area contributed by atoms with Gasteiger partial charge >= 0.3 is 0 Å². The molecule has 0 aliphatic heterocycles. The zero-order chi connectivity index (χ0) is 10.3. The van der Waals surface area contributed by atoms with Crippen LogP contribution >= 0.6 is 22.7 Å². The van der Waals surface area contributed by atoms with Gasteiger partial charge in [-0.15, -0.1) is 22.7 Å². The molecule has 2 nitrogen and oxygen atoms in total. The molecule has 78 valence electrons. The van der Waals surface area contributed by atoms with Crippen molar-refractivity contribution < 1.29 is 0 Å². The molecule has 1 atom stereocenters. The fraction of sp³-hybridized carbons (Fsp3) is 0.364. The molecule has 0 bridgehead atoms. The Hall–Kier alpha value is -0.710. The highest BCUT2D eigenvalue weighted by molar-refractivity contribution is 7.14. The minimum atomic E-state index is 0.366. The average molecular weight is 236 g/mol. The molecule has 2 N–H and O–H groups in total. The van der Waals surface area contributed by atoms with Crippen LogP contribution in [0.5, 0.6) is 0 Å². The fourth-order valence-corrected chi connectivity index (χ4v) is 4.03. The summed E-state index contributed by atoms with van der Waals surface area (Å²) >= 11 is 3.57. The standard InChI is InChI=1S/C11H12N2S2/c12-7-1-2-8-9(5-14-10(8)3-7)11-4-13-6-15-11/h4-7H,1-3,12H2. The molecule has 0 radical (unpaired) electrons. The summed E-state index contributed by atoms with van der Waals surface area (Å²) in [7, 11) is 0. The van der Waals surface area contributed by atoms with Gasteiger partial charge in [0, 0.05) is 22.7 Å². The second-order valence-electron chi connectivity index (χ2n) is 3.92. The molecule has 0 fully saturated rings. The second kappa shape index (κ2) is 3.70. The van der Waals surface area contributed by atoms with Crippen LogP contribution < -0.4 is 5.73 Å². The number of nitrogens with zero attached hydrogens (tertiary/aromatic N) is 1. The van der Waals surface area contributed by atoms with Crippen LogP contribution in [0, 0.1) is 0 Å². The number of hydrogen-bond acceptors (Lipinski definition) is 4. The topological polar surface area (TPSA) is 38.9 Å². The van der Waals surface area contributed by atoms with E-state index in [1.807, 2.05) is 23.0 Å². The summed E-state index contributed by atoms with van der Waals surface area (Å²) in [5.74, 6) is 0. The van der Waals surface area contributed by atoms with E-state index in [9.17, 15) is 0 Å². The number of nitrogens with two attached hydrogens (primary N) is 1. The number of thiazole rings is 1. The van der Waals surface area contributed by atoms with Gasteiger partial charge < -0.3 is 5.73 Å². The number of aromatic nitrogens is 1. The predicted octanol–water partition coefficient (Wildman–Crippen LogP) is 2.69. The van der Waals surface area contributed by atoms with Crippen LogP contribution in [-0.4, -0.2) is 11.0 Å². The van der Waals surface area contributed by atoms with Crippen LogP contribution in [0.4, 0.5) is 0 Å². The van der Waals surface area contributed by atoms with Crippen molar-refractivity contribution in [1.29, 1.82) is 0 Å². The second-order valence-corrected chi connectivity index (χ2v) is 5.77. The van der Waals surface area contributed by atoms with E-state index >= 15 is 0 Å². The first-order valence-electron chi connectivity index (χ1n) is 5.08. The Morgan fingerprint density at radius 2 is 2.33 bits per heavy atom. The normalized spacial score (nSPS) is 20.2. The third-order valence-electron chi connectivity index (χ3n) is 2.89. The van der Waals surface area contributed by atoms with Gasteiger partial charge in [-0.2, -0.15) is 0 Å². The van der Waals surface area contributed by atoms with E-state index in [4.69, 9.17) is 5.73 Å². The van der Waals surface area contributed by atoms with Crippen LogP contribution in [0.15, 0.2) is 17.1 Å². The molecule has 0 spiro atoms. The first kappa shape index (κ1) is 9.51. The Labute approximate surface area is 96.8 Å². The third-order valence-corrected chi connectivity index (χ3v) is 4.75. The summed E-state index contributed by atoms with van der Waals surface area (Å²) in [5.41, 5.74) is 10.8. The summed E-state index contributed by atoms with van der Waals surface area (Å²) in [5, 5.41) is 2.26. The minimum absolute atomic E-state index is 0.366. The highest BCUT2D eigenvalue weighted by Gasteiger charge is 2.21. The van der Waals surface area contributed by atoms with Gasteiger partial charge in [-0.05, 0) is 30.2 Å². The molecular formula is C11H12N2S2. The molecule has 1 aliphatic rings. The van der Waals surface area contributed by atoms with E-state index < -0.39 is 0 Å². The van der Waals surface area contributed by atoms with Crippen LogP contribution in [0.1, 0.15) is 16.9 Å². The van der Waals surface area contributed by atoms with Crippen LogP contribution in [0.25, 0.3) is 10.4 Å². The molecule has 1 unspecified atom stereocenters. The van der Waals surface area contributed by atoms with Gasteiger partial charge in [0.2, 0.25) is 0 Å². The maximum Gasteiger partial charge on any atom is 0.0797 e. The molecule has 0 amide bonds. The SMILES string of the molecule is NC1CCc2c(-c3cncs3)csc2C1. The zero-order valence-electron chi connectivity index (χ0n) is 8.27. The molecule has 4 heteroatoms. The monoisotopic (exact) mass is 236 g/mol. The first-order valence-corrected chi connectivity index (χ1v) is 6.84. The van der Waals surface area contributed by atoms with E-state index in [0.29, 0.717) is 6.04 Å². The summed E-state index contributed by atoms with van der Waals surface area (Å²) in [4.78, 5) is 6.92. The fourth-order valence-electron chi connectivity index (χ4n) is 2.09. The summed E-state index contributed by atoms with van der Waals surface area (Å²) in [6.45, 7) is 0. The molecule has 0 aromatic carbocycles.